The summed E-state index contributed by atoms with van der Waals surface area (Å²) in [5, 5.41) is 12.5. The van der Waals surface area contributed by atoms with E-state index in [1.807, 2.05) is 23.9 Å². The summed E-state index contributed by atoms with van der Waals surface area (Å²) < 4.78 is 0.275. The van der Waals surface area contributed by atoms with E-state index in [0.29, 0.717) is 5.75 Å². The number of benzene rings is 1. The molecule has 0 aliphatic carbocycles. The first-order valence-corrected chi connectivity index (χ1v) is 6.30. The maximum absolute atomic E-state index is 9.13. The minimum atomic E-state index is 0.275. The first-order chi connectivity index (χ1) is 7.03. The van der Waals surface area contributed by atoms with Crippen molar-refractivity contribution in [2.24, 2.45) is 0 Å². The van der Waals surface area contributed by atoms with Gasteiger partial charge in [-0.25, -0.2) is 0 Å². The summed E-state index contributed by atoms with van der Waals surface area (Å²) >= 11 is 1.86. The second kappa shape index (κ2) is 5.42. The Bertz CT molecular complexity index is 295. The number of phenolic OH excluding ortho intramolecular Hbond substituents is 1. The highest BCUT2D eigenvalue weighted by Gasteiger charge is 2.14. The molecule has 0 saturated carbocycles. The zero-order chi connectivity index (χ0) is 11.3. The molecule has 1 aromatic rings. The lowest BCUT2D eigenvalue weighted by atomic mass is 10.2. The van der Waals surface area contributed by atoms with Crippen molar-refractivity contribution in [1.29, 1.82) is 0 Å². The summed E-state index contributed by atoms with van der Waals surface area (Å²) in [6.45, 7) is 6.28. The SMILES string of the molecule is CSC(C)(C)CNCc1ccc(O)cc1. The highest BCUT2D eigenvalue weighted by Crippen LogP contribution is 2.19. The molecule has 0 bridgehead atoms. The van der Waals surface area contributed by atoms with E-state index in [2.05, 4.69) is 25.4 Å². The molecule has 0 aromatic heterocycles. The Hall–Kier alpha value is -0.670. The smallest absolute Gasteiger partial charge is 0.115 e. The predicted octanol–water partition coefficient (Wildman–Crippen LogP) is 2.62. The molecule has 2 N–H and O–H groups in total. The van der Waals surface area contributed by atoms with Crippen molar-refractivity contribution in [1.82, 2.24) is 5.32 Å². The van der Waals surface area contributed by atoms with Gasteiger partial charge >= 0.3 is 0 Å². The standard InChI is InChI=1S/C12H19NOS/c1-12(2,15-3)9-13-8-10-4-6-11(14)7-5-10/h4-7,13-14H,8-9H2,1-3H3. The Balaban J connectivity index is 2.35. The molecule has 0 spiro atoms. The van der Waals surface area contributed by atoms with Crippen LogP contribution in [0.5, 0.6) is 5.75 Å². The summed E-state index contributed by atoms with van der Waals surface area (Å²) in [7, 11) is 0. The molecule has 1 aromatic carbocycles. The molecular formula is C12H19NOS. The maximum Gasteiger partial charge on any atom is 0.115 e. The topological polar surface area (TPSA) is 32.3 Å². The van der Waals surface area contributed by atoms with Crippen molar-refractivity contribution in [3.8, 4) is 5.75 Å². The average molecular weight is 225 g/mol. The van der Waals surface area contributed by atoms with E-state index >= 15 is 0 Å². The molecule has 0 fully saturated rings. The van der Waals surface area contributed by atoms with E-state index in [1.165, 1.54) is 5.56 Å². The van der Waals surface area contributed by atoms with Gasteiger partial charge in [0.1, 0.15) is 5.75 Å². The monoisotopic (exact) mass is 225 g/mol. The fraction of sp³-hybridized carbons (Fsp3) is 0.500. The highest BCUT2D eigenvalue weighted by atomic mass is 32.2. The Labute approximate surface area is 96.1 Å². The van der Waals surface area contributed by atoms with Gasteiger partial charge in [0.15, 0.2) is 0 Å². The van der Waals surface area contributed by atoms with Gasteiger partial charge in [0.2, 0.25) is 0 Å². The number of hydrogen-bond donors (Lipinski definition) is 2. The quantitative estimate of drug-likeness (QED) is 0.808. The number of hydrogen-bond acceptors (Lipinski definition) is 3. The normalized spacial score (nSPS) is 11.7. The molecule has 0 heterocycles. The molecule has 0 saturated heterocycles. The predicted molar refractivity (Wildman–Crippen MR) is 67.4 cm³/mol. The number of phenols is 1. The van der Waals surface area contributed by atoms with Gasteiger partial charge in [-0.05, 0) is 37.8 Å². The van der Waals surface area contributed by atoms with E-state index < -0.39 is 0 Å². The highest BCUT2D eigenvalue weighted by molar-refractivity contribution is 7.99. The molecule has 0 amide bonds. The minimum absolute atomic E-state index is 0.275. The first kappa shape index (κ1) is 12.4. The van der Waals surface area contributed by atoms with E-state index in [4.69, 9.17) is 5.11 Å². The van der Waals surface area contributed by atoms with Crippen LogP contribution < -0.4 is 5.32 Å². The molecule has 15 heavy (non-hydrogen) atoms. The number of thioether (sulfide) groups is 1. The van der Waals surface area contributed by atoms with Crippen molar-refractivity contribution >= 4 is 11.8 Å². The average Bonchev–Trinajstić information content (AvgIpc) is 2.21. The Kier molecular flexibility index (Phi) is 4.48. The molecule has 1 rings (SSSR count). The first-order valence-electron chi connectivity index (χ1n) is 5.07. The third kappa shape index (κ3) is 4.58. The van der Waals surface area contributed by atoms with Crippen LogP contribution in [-0.2, 0) is 6.54 Å². The zero-order valence-electron chi connectivity index (χ0n) is 9.58. The van der Waals surface area contributed by atoms with Gasteiger partial charge < -0.3 is 10.4 Å². The summed E-state index contributed by atoms with van der Waals surface area (Å²) in [5.41, 5.74) is 1.20. The van der Waals surface area contributed by atoms with E-state index in [0.717, 1.165) is 13.1 Å². The van der Waals surface area contributed by atoms with Gasteiger partial charge in [0.05, 0.1) is 0 Å². The zero-order valence-corrected chi connectivity index (χ0v) is 10.4. The van der Waals surface area contributed by atoms with Crippen LogP contribution in [0.4, 0.5) is 0 Å². The lowest BCUT2D eigenvalue weighted by Crippen LogP contribution is -2.31. The maximum atomic E-state index is 9.13. The molecule has 0 unspecified atom stereocenters. The van der Waals surface area contributed by atoms with Gasteiger partial charge in [0, 0.05) is 17.8 Å². The molecule has 0 atom stereocenters. The van der Waals surface area contributed by atoms with Crippen molar-refractivity contribution in [2.45, 2.75) is 25.1 Å². The fourth-order valence-corrected chi connectivity index (χ4v) is 1.44. The molecule has 0 aliphatic heterocycles. The number of rotatable bonds is 5. The molecule has 2 nitrogen and oxygen atoms in total. The van der Waals surface area contributed by atoms with E-state index in [1.54, 1.807) is 12.1 Å². The van der Waals surface area contributed by atoms with Crippen molar-refractivity contribution in [2.75, 3.05) is 12.8 Å². The molecule has 3 heteroatoms. The molecule has 84 valence electrons. The summed E-state index contributed by atoms with van der Waals surface area (Å²) in [6, 6.07) is 7.32. The third-order valence-corrected chi connectivity index (χ3v) is 3.62. The van der Waals surface area contributed by atoms with Crippen molar-refractivity contribution in [3.05, 3.63) is 29.8 Å². The van der Waals surface area contributed by atoms with Crippen LogP contribution in [0.25, 0.3) is 0 Å². The Morgan fingerprint density at radius 3 is 2.40 bits per heavy atom. The molecule has 0 radical (unpaired) electrons. The summed E-state index contributed by atoms with van der Waals surface area (Å²) in [6.07, 6.45) is 2.13. The summed E-state index contributed by atoms with van der Waals surface area (Å²) in [5.74, 6) is 0.322. The van der Waals surface area contributed by atoms with Crippen LogP contribution >= 0.6 is 11.8 Å². The Morgan fingerprint density at radius 2 is 1.87 bits per heavy atom. The van der Waals surface area contributed by atoms with Crippen molar-refractivity contribution < 1.29 is 5.11 Å². The van der Waals surface area contributed by atoms with Crippen LogP contribution in [-0.4, -0.2) is 22.7 Å². The lowest BCUT2D eigenvalue weighted by Gasteiger charge is -2.22. The van der Waals surface area contributed by atoms with Gasteiger partial charge in [-0.15, -0.1) is 0 Å². The van der Waals surface area contributed by atoms with Gasteiger partial charge in [-0.2, -0.15) is 11.8 Å². The van der Waals surface area contributed by atoms with Gasteiger partial charge in [0.25, 0.3) is 0 Å². The Morgan fingerprint density at radius 1 is 1.27 bits per heavy atom. The largest absolute Gasteiger partial charge is 0.508 e. The van der Waals surface area contributed by atoms with E-state index in [-0.39, 0.29) is 4.75 Å². The van der Waals surface area contributed by atoms with Gasteiger partial charge in [-0.1, -0.05) is 12.1 Å². The second-order valence-electron chi connectivity index (χ2n) is 4.23. The molecular weight excluding hydrogens is 206 g/mol. The second-order valence-corrected chi connectivity index (χ2v) is 5.75. The minimum Gasteiger partial charge on any atom is -0.508 e. The van der Waals surface area contributed by atoms with Crippen LogP contribution in [0.2, 0.25) is 0 Å². The molecule has 0 aliphatic rings. The third-order valence-electron chi connectivity index (χ3n) is 2.37. The number of nitrogens with one attached hydrogen (secondary N) is 1. The number of aromatic hydroxyl groups is 1. The van der Waals surface area contributed by atoms with Crippen LogP contribution in [0, 0.1) is 0 Å². The summed E-state index contributed by atoms with van der Waals surface area (Å²) in [4.78, 5) is 0. The van der Waals surface area contributed by atoms with Crippen LogP contribution in [0.3, 0.4) is 0 Å². The van der Waals surface area contributed by atoms with E-state index in [9.17, 15) is 0 Å². The lowest BCUT2D eigenvalue weighted by molar-refractivity contribution is 0.475. The fourth-order valence-electron chi connectivity index (χ4n) is 1.19. The van der Waals surface area contributed by atoms with Crippen LogP contribution in [0.1, 0.15) is 19.4 Å². The van der Waals surface area contributed by atoms with Crippen molar-refractivity contribution in [3.63, 3.8) is 0 Å². The van der Waals surface area contributed by atoms with Gasteiger partial charge in [-0.3, -0.25) is 0 Å². The van der Waals surface area contributed by atoms with Crippen LogP contribution in [0.15, 0.2) is 24.3 Å².